The third-order valence-electron chi connectivity index (χ3n) is 3.95. The van der Waals surface area contributed by atoms with Gasteiger partial charge in [-0.15, -0.1) is 11.3 Å². The molecule has 3 rings (SSSR count). The molecule has 0 aliphatic rings. The van der Waals surface area contributed by atoms with E-state index in [1.165, 1.54) is 36.0 Å². The van der Waals surface area contributed by atoms with Crippen molar-refractivity contribution in [1.29, 1.82) is 0 Å². The highest BCUT2D eigenvalue weighted by atomic mass is 32.1. The summed E-state index contributed by atoms with van der Waals surface area (Å²) in [5.74, 6) is 0.439. The van der Waals surface area contributed by atoms with Crippen LogP contribution in [-0.4, -0.2) is 24.6 Å². The number of alkyl halides is 3. The van der Waals surface area contributed by atoms with Crippen LogP contribution in [0.3, 0.4) is 0 Å². The number of carbonyl (C=O) groups is 1. The molecule has 9 heteroatoms. The zero-order chi connectivity index (χ0) is 21.7. The van der Waals surface area contributed by atoms with E-state index in [0.29, 0.717) is 28.7 Å². The van der Waals surface area contributed by atoms with Gasteiger partial charge in [0.25, 0.3) is 5.91 Å². The van der Waals surface area contributed by atoms with E-state index < -0.39 is 17.6 Å². The molecule has 3 aromatic rings. The van der Waals surface area contributed by atoms with Gasteiger partial charge in [0.15, 0.2) is 11.5 Å². The molecule has 0 saturated heterocycles. The predicted octanol–water partition coefficient (Wildman–Crippen LogP) is 5.65. The van der Waals surface area contributed by atoms with Crippen LogP contribution in [0.1, 0.15) is 16.1 Å². The van der Waals surface area contributed by atoms with Crippen LogP contribution in [0.25, 0.3) is 10.6 Å². The first-order chi connectivity index (χ1) is 14.3. The van der Waals surface area contributed by atoms with E-state index in [1.54, 1.807) is 24.3 Å². The monoisotopic (exact) mass is 434 g/mol. The minimum atomic E-state index is -4.49. The lowest BCUT2D eigenvalue weighted by Crippen LogP contribution is -2.13. The van der Waals surface area contributed by atoms with Gasteiger partial charge in [0.2, 0.25) is 0 Å². The van der Waals surface area contributed by atoms with Gasteiger partial charge in [-0.3, -0.25) is 4.79 Å². The number of halogens is 3. The minimum absolute atomic E-state index is 0.0368. The summed E-state index contributed by atoms with van der Waals surface area (Å²) in [5, 5.41) is 4.53. The van der Waals surface area contributed by atoms with Crippen LogP contribution >= 0.6 is 11.3 Å². The molecule has 0 fully saturated rings. The molecule has 0 radical (unpaired) electrons. The first-order valence-corrected chi connectivity index (χ1v) is 9.56. The summed E-state index contributed by atoms with van der Waals surface area (Å²) in [4.78, 5) is 16.7. The molecule has 0 aliphatic carbocycles. The first kappa shape index (κ1) is 21.4. The van der Waals surface area contributed by atoms with Gasteiger partial charge in [0.05, 0.1) is 12.7 Å². The molecule has 0 unspecified atom stereocenters. The van der Waals surface area contributed by atoms with Gasteiger partial charge < -0.3 is 14.8 Å². The molecule has 30 heavy (non-hydrogen) atoms. The van der Waals surface area contributed by atoms with E-state index in [-0.39, 0.29) is 11.4 Å². The predicted molar refractivity (Wildman–Crippen MR) is 109 cm³/mol. The van der Waals surface area contributed by atoms with Crippen LogP contribution in [0.4, 0.5) is 18.9 Å². The maximum absolute atomic E-state index is 12.8. The van der Waals surface area contributed by atoms with Crippen LogP contribution < -0.4 is 14.8 Å². The number of nitrogens with one attached hydrogen (secondary N) is 1. The maximum Gasteiger partial charge on any atom is 0.416 e. The minimum Gasteiger partial charge on any atom is -0.493 e. The summed E-state index contributed by atoms with van der Waals surface area (Å²) in [6, 6.07) is 9.65. The van der Waals surface area contributed by atoms with Gasteiger partial charge in [-0.2, -0.15) is 13.2 Å². The number of amides is 1. The summed E-state index contributed by atoms with van der Waals surface area (Å²) >= 11 is 1.23. The molecule has 0 atom stereocenters. The lowest BCUT2D eigenvalue weighted by Gasteiger charge is -2.10. The van der Waals surface area contributed by atoms with Gasteiger partial charge in [0, 0.05) is 16.6 Å². The molecular weight excluding hydrogens is 417 g/mol. The van der Waals surface area contributed by atoms with Crippen molar-refractivity contribution >= 4 is 22.9 Å². The third kappa shape index (κ3) is 4.98. The fourth-order valence-electron chi connectivity index (χ4n) is 2.55. The lowest BCUT2D eigenvalue weighted by atomic mass is 10.2. The van der Waals surface area contributed by atoms with Crippen LogP contribution in [0.5, 0.6) is 11.5 Å². The van der Waals surface area contributed by atoms with E-state index in [2.05, 4.69) is 16.9 Å². The molecule has 1 heterocycles. The summed E-state index contributed by atoms with van der Waals surface area (Å²) in [7, 11) is 1.51. The molecule has 2 aromatic carbocycles. The smallest absolute Gasteiger partial charge is 0.416 e. The Morgan fingerprint density at radius 2 is 2.03 bits per heavy atom. The molecule has 0 spiro atoms. The van der Waals surface area contributed by atoms with Gasteiger partial charge in [0.1, 0.15) is 17.3 Å². The maximum atomic E-state index is 12.8. The normalized spacial score (nSPS) is 11.1. The standard InChI is InChI=1S/C21H17F3N2O3S/c1-3-9-29-17-8-7-13(10-18(17)28-2)20-26-16(12-30-20)19(27)25-15-6-4-5-14(11-15)21(22,23)24/h3-8,10-12H,1,9H2,2H3,(H,25,27). The third-order valence-corrected chi connectivity index (χ3v) is 4.84. The van der Waals surface area contributed by atoms with Crippen LogP contribution in [-0.2, 0) is 6.18 Å². The summed E-state index contributed by atoms with van der Waals surface area (Å²) in [6.45, 7) is 3.92. The average molecular weight is 434 g/mol. The first-order valence-electron chi connectivity index (χ1n) is 8.68. The summed E-state index contributed by atoms with van der Waals surface area (Å²) in [5.41, 5.74) is -0.000765. The Hall–Kier alpha value is -3.33. The van der Waals surface area contributed by atoms with E-state index in [1.807, 2.05) is 0 Å². The topological polar surface area (TPSA) is 60.5 Å². The van der Waals surface area contributed by atoms with Gasteiger partial charge in [-0.1, -0.05) is 18.7 Å². The van der Waals surface area contributed by atoms with Gasteiger partial charge >= 0.3 is 6.18 Å². The Labute approximate surface area is 174 Å². The zero-order valence-corrected chi connectivity index (χ0v) is 16.6. The number of ether oxygens (including phenoxy) is 2. The highest BCUT2D eigenvalue weighted by molar-refractivity contribution is 7.13. The molecule has 1 amide bonds. The van der Waals surface area contributed by atoms with Crippen molar-refractivity contribution in [2.24, 2.45) is 0 Å². The molecule has 0 bridgehead atoms. The number of rotatable bonds is 7. The quantitative estimate of drug-likeness (QED) is 0.488. The van der Waals surface area contributed by atoms with Crippen molar-refractivity contribution in [2.75, 3.05) is 19.0 Å². The highest BCUT2D eigenvalue weighted by Gasteiger charge is 2.30. The Kier molecular flexibility index (Phi) is 6.41. The largest absolute Gasteiger partial charge is 0.493 e. The number of nitrogens with zero attached hydrogens (tertiary/aromatic N) is 1. The van der Waals surface area contributed by atoms with E-state index >= 15 is 0 Å². The average Bonchev–Trinajstić information content (AvgIpc) is 3.22. The fraction of sp³-hybridized carbons (Fsp3) is 0.143. The van der Waals surface area contributed by atoms with Crippen molar-refractivity contribution in [3.63, 3.8) is 0 Å². The Bertz CT molecular complexity index is 1060. The van der Waals surface area contributed by atoms with E-state index in [4.69, 9.17) is 9.47 Å². The number of anilines is 1. The van der Waals surface area contributed by atoms with Crippen molar-refractivity contribution in [3.05, 3.63) is 71.8 Å². The van der Waals surface area contributed by atoms with E-state index in [0.717, 1.165) is 12.1 Å². The second kappa shape index (κ2) is 9.00. The number of hydrogen-bond acceptors (Lipinski definition) is 5. The Morgan fingerprint density at radius 3 is 2.73 bits per heavy atom. The summed E-state index contributed by atoms with van der Waals surface area (Å²) in [6.07, 6.45) is -2.88. The number of thiazole rings is 1. The Balaban J connectivity index is 1.78. The van der Waals surface area contributed by atoms with Crippen LogP contribution in [0.2, 0.25) is 0 Å². The number of methoxy groups -OCH3 is 1. The van der Waals surface area contributed by atoms with Crippen molar-refractivity contribution in [1.82, 2.24) is 4.98 Å². The molecule has 0 saturated carbocycles. The van der Waals surface area contributed by atoms with E-state index in [9.17, 15) is 18.0 Å². The number of carbonyl (C=O) groups excluding carboxylic acids is 1. The number of benzene rings is 2. The van der Waals surface area contributed by atoms with Crippen LogP contribution in [0.15, 0.2) is 60.5 Å². The van der Waals surface area contributed by atoms with Gasteiger partial charge in [-0.05, 0) is 36.4 Å². The van der Waals surface area contributed by atoms with Crippen LogP contribution in [0, 0.1) is 0 Å². The molecule has 0 aliphatic heterocycles. The summed E-state index contributed by atoms with van der Waals surface area (Å²) < 4.78 is 49.3. The van der Waals surface area contributed by atoms with Crippen molar-refractivity contribution < 1.29 is 27.4 Å². The second-order valence-corrected chi connectivity index (χ2v) is 6.89. The highest BCUT2D eigenvalue weighted by Crippen LogP contribution is 2.34. The number of hydrogen-bond donors (Lipinski definition) is 1. The van der Waals surface area contributed by atoms with Crippen molar-refractivity contribution in [2.45, 2.75) is 6.18 Å². The SMILES string of the molecule is C=CCOc1ccc(-c2nc(C(=O)Nc3cccc(C(F)(F)F)c3)cs2)cc1OC. The molecule has 1 aromatic heterocycles. The molecule has 1 N–H and O–H groups in total. The number of aromatic nitrogens is 1. The molecule has 5 nitrogen and oxygen atoms in total. The fourth-order valence-corrected chi connectivity index (χ4v) is 3.34. The second-order valence-electron chi connectivity index (χ2n) is 6.04. The lowest BCUT2D eigenvalue weighted by molar-refractivity contribution is -0.137. The molecule has 156 valence electrons. The zero-order valence-electron chi connectivity index (χ0n) is 15.8. The van der Waals surface area contributed by atoms with Gasteiger partial charge in [-0.25, -0.2) is 4.98 Å². The molecular formula is C21H17F3N2O3S. The van der Waals surface area contributed by atoms with Crippen molar-refractivity contribution in [3.8, 4) is 22.1 Å². The Morgan fingerprint density at radius 1 is 1.23 bits per heavy atom.